The zero-order chi connectivity index (χ0) is 16.0. The number of aryl methyl sites for hydroxylation is 1. The topological polar surface area (TPSA) is 36.9 Å². The Kier molecular flexibility index (Phi) is 6.44. The molecule has 4 nitrogen and oxygen atoms in total. The average molecular weight is 308 g/mol. The Morgan fingerprint density at radius 3 is 2.14 bits per heavy atom. The van der Waals surface area contributed by atoms with Gasteiger partial charge in [0.15, 0.2) is 13.1 Å². The molecule has 0 amide bonds. The Hall–Kier alpha value is -1.31. The number of rotatable bonds is 7. The zero-order valence-corrected chi connectivity index (χ0v) is 12.4. The largest absolute Gasteiger partial charge is 0.466 e. The number of alkyl halides is 3. The number of ether oxygens (including phenoxy) is 4. The van der Waals surface area contributed by atoms with E-state index in [0.29, 0.717) is 12.0 Å². The predicted molar refractivity (Wildman–Crippen MR) is 70.1 cm³/mol. The van der Waals surface area contributed by atoms with Crippen molar-refractivity contribution in [3.63, 3.8) is 0 Å². The van der Waals surface area contributed by atoms with Gasteiger partial charge in [-0.25, -0.2) is 0 Å². The number of methoxy groups -OCH3 is 3. The number of hydrogen-bond acceptors (Lipinski definition) is 4. The molecule has 0 fully saturated rings. The number of hydrogen-bond donors (Lipinski definition) is 0. The molecule has 1 aromatic carbocycles. The maximum Gasteiger partial charge on any atom is 0.419 e. The van der Waals surface area contributed by atoms with Crippen LogP contribution in [0.15, 0.2) is 12.1 Å². The average Bonchev–Trinajstić information content (AvgIpc) is 2.45. The molecule has 0 saturated heterocycles. The van der Waals surface area contributed by atoms with Crippen molar-refractivity contribution in [3.8, 4) is 5.75 Å². The second-order valence-electron chi connectivity index (χ2n) is 4.22. The molecule has 0 aromatic heterocycles. The van der Waals surface area contributed by atoms with Crippen LogP contribution in [-0.4, -0.2) is 28.1 Å². The summed E-state index contributed by atoms with van der Waals surface area (Å²) in [6.45, 7) is 1.53. The Balaban J connectivity index is 3.52. The second kappa shape index (κ2) is 7.63. The van der Waals surface area contributed by atoms with Crippen LogP contribution < -0.4 is 4.74 Å². The monoisotopic (exact) mass is 308 g/mol. The molecule has 0 aliphatic rings. The van der Waals surface area contributed by atoms with Gasteiger partial charge in [-0.3, -0.25) is 0 Å². The minimum Gasteiger partial charge on any atom is -0.466 e. The molecule has 0 aliphatic carbocycles. The predicted octanol–water partition coefficient (Wildman–Crippen LogP) is 3.54. The highest BCUT2D eigenvalue weighted by Gasteiger charge is 2.37. The van der Waals surface area contributed by atoms with E-state index in [-0.39, 0.29) is 18.1 Å². The van der Waals surface area contributed by atoms with Gasteiger partial charge in [0.25, 0.3) is 0 Å². The summed E-state index contributed by atoms with van der Waals surface area (Å²) in [7, 11) is 4.04. The first-order valence-corrected chi connectivity index (χ1v) is 6.30. The fourth-order valence-corrected chi connectivity index (χ4v) is 2.04. The summed E-state index contributed by atoms with van der Waals surface area (Å²) in [6, 6.07) is 2.40. The summed E-state index contributed by atoms with van der Waals surface area (Å²) >= 11 is 0. The van der Waals surface area contributed by atoms with Crippen molar-refractivity contribution in [2.24, 2.45) is 0 Å². The van der Waals surface area contributed by atoms with E-state index in [1.165, 1.54) is 27.4 Å². The summed E-state index contributed by atoms with van der Waals surface area (Å²) in [5.41, 5.74) is 0.00280. The van der Waals surface area contributed by atoms with Crippen molar-refractivity contribution < 1.29 is 32.1 Å². The maximum absolute atomic E-state index is 13.2. The van der Waals surface area contributed by atoms with Crippen molar-refractivity contribution in [2.75, 3.05) is 28.1 Å². The molecule has 7 heteroatoms. The van der Waals surface area contributed by atoms with E-state index in [0.717, 1.165) is 6.07 Å². The first-order valence-electron chi connectivity index (χ1n) is 6.30. The normalized spacial score (nSPS) is 12.0. The van der Waals surface area contributed by atoms with Crippen molar-refractivity contribution in [1.82, 2.24) is 0 Å². The highest BCUT2D eigenvalue weighted by atomic mass is 19.4. The highest BCUT2D eigenvalue weighted by Crippen LogP contribution is 2.42. The molecule has 0 bridgehead atoms. The summed E-state index contributed by atoms with van der Waals surface area (Å²) in [4.78, 5) is 0. The van der Waals surface area contributed by atoms with Gasteiger partial charge >= 0.3 is 6.18 Å². The summed E-state index contributed by atoms with van der Waals surface area (Å²) in [5, 5.41) is 0. The van der Waals surface area contributed by atoms with Crippen LogP contribution in [0.25, 0.3) is 0 Å². The van der Waals surface area contributed by atoms with Crippen LogP contribution in [0.4, 0.5) is 13.2 Å². The molecule has 21 heavy (non-hydrogen) atoms. The summed E-state index contributed by atoms with van der Waals surface area (Å²) in [5.74, 6) is -0.322. The quantitative estimate of drug-likeness (QED) is 0.722. The summed E-state index contributed by atoms with van der Waals surface area (Å²) in [6.07, 6.45) is -4.98. The molecular weight excluding hydrogens is 289 g/mol. The van der Waals surface area contributed by atoms with E-state index >= 15 is 0 Å². The third-order valence-electron chi connectivity index (χ3n) is 2.96. The molecule has 1 rings (SSSR count). The molecule has 0 atom stereocenters. The lowest BCUT2D eigenvalue weighted by Crippen LogP contribution is -2.16. The van der Waals surface area contributed by atoms with Gasteiger partial charge in [-0.15, -0.1) is 0 Å². The van der Waals surface area contributed by atoms with Crippen LogP contribution in [-0.2, 0) is 26.8 Å². The van der Waals surface area contributed by atoms with E-state index in [2.05, 4.69) is 0 Å². The highest BCUT2D eigenvalue weighted by molar-refractivity contribution is 5.49. The van der Waals surface area contributed by atoms with Crippen LogP contribution in [0, 0.1) is 0 Å². The van der Waals surface area contributed by atoms with E-state index in [1.807, 2.05) is 6.92 Å². The van der Waals surface area contributed by atoms with E-state index in [4.69, 9.17) is 18.9 Å². The Morgan fingerprint density at radius 2 is 1.71 bits per heavy atom. The zero-order valence-electron chi connectivity index (χ0n) is 12.4. The molecule has 0 saturated carbocycles. The molecule has 0 unspecified atom stereocenters. The molecule has 0 spiro atoms. The third kappa shape index (κ3) is 4.09. The van der Waals surface area contributed by atoms with E-state index in [9.17, 15) is 13.2 Å². The third-order valence-corrected chi connectivity index (χ3v) is 2.96. The SMILES string of the molecule is CCc1ccc(C(F)(F)F)c(OCOC)c1C(OC)OC. The van der Waals surface area contributed by atoms with Crippen LogP contribution in [0.2, 0.25) is 0 Å². The van der Waals surface area contributed by atoms with Gasteiger partial charge in [-0.05, 0) is 18.1 Å². The van der Waals surface area contributed by atoms with Gasteiger partial charge in [0.05, 0.1) is 11.1 Å². The van der Waals surface area contributed by atoms with Gasteiger partial charge < -0.3 is 18.9 Å². The fraction of sp³-hybridized carbons (Fsp3) is 0.571. The lowest BCUT2D eigenvalue weighted by molar-refractivity contribution is -0.141. The molecule has 120 valence electrons. The van der Waals surface area contributed by atoms with Crippen LogP contribution in [0.5, 0.6) is 5.75 Å². The molecule has 0 N–H and O–H groups in total. The lowest BCUT2D eigenvalue weighted by Gasteiger charge is -2.24. The molecule has 0 heterocycles. The van der Waals surface area contributed by atoms with Crippen LogP contribution >= 0.6 is 0 Å². The van der Waals surface area contributed by atoms with E-state index in [1.54, 1.807) is 0 Å². The maximum atomic E-state index is 13.2. The fourth-order valence-electron chi connectivity index (χ4n) is 2.04. The van der Waals surface area contributed by atoms with E-state index < -0.39 is 18.0 Å². The molecule has 0 aliphatic heterocycles. The molecule has 0 radical (unpaired) electrons. The first-order chi connectivity index (χ1) is 9.90. The van der Waals surface area contributed by atoms with Crippen molar-refractivity contribution in [2.45, 2.75) is 25.8 Å². The molecule has 1 aromatic rings. The van der Waals surface area contributed by atoms with Gasteiger partial charge in [0.2, 0.25) is 0 Å². The Bertz CT molecular complexity index is 456. The number of halogens is 3. The Labute approximate surface area is 121 Å². The first kappa shape index (κ1) is 17.7. The molecular formula is C14H19F3O4. The van der Waals surface area contributed by atoms with Gasteiger partial charge in [-0.2, -0.15) is 13.2 Å². The summed E-state index contributed by atoms with van der Waals surface area (Å²) < 4.78 is 59.6. The standard InChI is InChI=1S/C14H19F3O4/c1-5-9-6-7-10(14(15,16)17)12(21-8-18-2)11(9)13(19-3)20-4/h6-7,13H,5,8H2,1-4H3. The Morgan fingerprint density at radius 1 is 1.10 bits per heavy atom. The van der Waals surface area contributed by atoms with Crippen molar-refractivity contribution in [3.05, 3.63) is 28.8 Å². The minimum atomic E-state index is -4.55. The van der Waals surface area contributed by atoms with Gasteiger partial charge in [0, 0.05) is 21.3 Å². The van der Waals surface area contributed by atoms with Gasteiger partial charge in [-0.1, -0.05) is 13.0 Å². The van der Waals surface area contributed by atoms with Crippen molar-refractivity contribution in [1.29, 1.82) is 0 Å². The lowest BCUT2D eigenvalue weighted by atomic mass is 9.99. The van der Waals surface area contributed by atoms with Gasteiger partial charge in [0.1, 0.15) is 5.75 Å². The van der Waals surface area contributed by atoms with Crippen molar-refractivity contribution >= 4 is 0 Å². The van der Waals surface area contributed by atoms with Crippen LogP contribution in [0.1, 0.15) is 29.9 Å². The smallest absolute Gasteiger partial charge is 0.419 e. The second-order valence-corrected chi connectivity index (χ2v) is 4.22. The number of benzene rings is 1. The minimum absolute atomic E-state index is 0.231. The van der Waals surface area contributed by atoms with Crippen LogP contribution in [0.3, 0.4) is 0 Å².